The second kappa shape index (κ2) is 7.56. The van der Waals surface area contributed by atoms with Gasteiger partial charge in [0.2, 0.25) is 9.84 Å². The Hall–Kier alpha value is -3.38. The number of rotatable bonds is 5. The molecule has 4 rings (SSSR count). The number of aryl methyl sites for hydroxylation is 1. The van der Waals surface area contributed by atoms with Crippen molar-refractivity contribution >= 4 is 26.7 Å². The molecule has 0 radical (unpaired) electrons. The third-order valence-electron chi connectivity index (χ3n) is 4.69. The van der Waals surface area contributed by atoms with Crippen LogP contribution in [0.3, 0.4) is 0 Å². The van der Waals surface area contributed by atoms with E-state index in [0.29, 0.717) is 16.5 Å². The summed E-state index contributed by atoms with van der Waals surface area (Å²) in [7, 11) is -3.72. The summed E-state index contributed by atoms with van der Waals surface area (Å²) in [4.78, 5) is 15.7. The summed E-state index contributed by atoms with van der Waals surface area (Å²) in [6.07, 6.45) is 0. The maximum Gasteiger partial charge on any atom is 0.339 e. The van der Waals surface area contributed by atoms with Gasteiger partial charge in [0, 0.05) is 10.9 Å². The fourth-order valence-corrected chi connectivity index (χ4v) is 4.36. The van der Waals surface area contributed by atoms with Crippen molar-refractivity contribution in [3.8, 4) is 0 Å². The van der Waals surface area contributed by atoms with Gasteiger partial charge >= 0.3 is 5.97 Å². The second-order valence-corrected chi connectivity index (χ2v) is 8.70. The molecule has 4 aromatic rings. The molecule has 29 heavy (non-hydrogen) atoms. The lowest BCUT2D eigenvalue weighted by atomic mass is 10.1. The summed E-state index contributed by atoms with van der Waals surface area (Å²) in [6, 6.07) is 22.6. The van der Waals surface area contributed by atoms with E-state index in [1.807, 2.05) is 37.3 Å². The predicted molar refractivity (Wildman–Crippen MR) is 110 cm³/mol. The van der Waals surface area contributed by atoms with Crippen LogP contribution in [-0.4, -0.2) is 19.4 Å². The van der Waals surface area contributed by atoms with Crippen LogP contribution in [0.4, 0.5) is 0 Å². The van der Waals surface area contributed by atoms with Gasteiger partial charge < -0.3 is 9.72 Å². The van der Waals surface area contributed by atoms with Crippen LogP contribution in [-0.2, 0) is 21.2 Å². The summed E-state index contributed by atoms with van der Waals surface area (Å²) in [5.74, 6) is -0.502. The van der Waals surface area contributed by atoms with Gasteiger partial charge in [-0.05, 0) is 42.8 Å². The van der Waals surface area contributed by atoms with Crippen LogP contribution in [0.5, 0.6) is 0 Å². The highest BCUT2D eigenvalue weighted by Crippen LogP contribution is 2.27. The number of sulfone groups is 1. The van der Waals surface area contributed by atoms with Gasteiger partial charge in [0.1, 0.15) is 11.6 Å². The molecule has 0 saturated carbocycles. The second-order valence-electron chi connectivity index (χ2n) is 6.78. The first-order valence-corrected chi connectivity index (χ1v) is 10.6. The molecule has 6 heteroatoms. The minimum absolute atomic E-state index is 0.0414. The van der Waals surface area contributed by atoms with Crippen LogP contribution < -0.4 is 0 Å². The molecule has 0 amide bonds. The minimum atomic E-state index is -3.72. The zero-order chi connectivity index (χ0) is 20.4. The number of benzene rings is 3. The topological polar surface area (TPSA) is 76.2 Å². The number of aromatic amines is 1. The number of carbonyl (C=O) groups is 1. The highest BCUT2D eigenvalue weighted by atomic mass is 32.2. The smallest absolute Gasteiger partial charge is 0.339 e. The molecule has 0 aliphatic rings. The molecule has 0 bridgehead atoms. The quantitative estimate of drug-likeness (QED) is 0.490. The number of carbonyl (C=O) groups excluding carboxylic acids is 1. The van der Waals surface area contributed by atoms with E-state index >= 15 is 0 Å². The molecular weight excluding hydrogens is 386 g/mol. The van der Waals surface area contributed by atoms with Gasteiger partial charge in [0.25, 0.3) is 0 Å². The highest BCUT2D eigenvalue weighted by Gasteiger charge is 2.22. The molecule has 0 aliphatic carbocycles. The maximum atomic E-state index is 13.0. The molecule has 3 aromatic carbocycles. The molecule has 0 saturated heterocycles. The molecule has 0 unspecified atom stereocenters. The monoisotopic (exact) mass is 405 g/mol. The lowest BCUT2D eigenvalue weighted by Crippen LogP contribution is -2.05. The number of ether oxygens (including phenoxy) is 1. The molecule has 5 nitrogen and oxygen atoms in total. The molecule has 0 fully saturated rings. The van der Waals surface area contributed by atoms with Crippen molar-refractivity contribution in [1.29, 1.82) is 0 Å². The van der Waals surface area contributed by atoms with Crippen LogP contribution in [0, 0.1) is 6.92 Å². The normalized spacial score (nSPS) is 11.5. The number of nitrogens with one attached hydrogen (secondary N) is 1. The van der Waals surface area contributed by atoms with Crippen molar-refractivity contribution in [3.63, 3.8) is 0 Å². The summed E-state index contributed by atoms with van der Waals surface area (Å²) in [6.45, 7) is 2.04. The largest absolute Gasteiger partial charge is 0.457 e. The highest BCUT2D eigenvalue weighted by molar-refractivity contribution is 7.91. The van der Waals surface area contributed by atoms with E-state index in [4.69, 9.17) is 4.74 Å². The fraction of sp³-hybridized carbons (Fsp3) is 0.0870. The zero-order valence-corrected chi connectivity index (χ0v) is 16.6. The lowest BCUT2D eigenvalue weighted by Gasteiger charge is -2.05. The van der Waals surface area contributed by atoms with E-state index < -0.39 is 15.8 Å². The van der Waals surface area contributed by atoms with Crippen molar-refractivity contribution in [2.75, 3.05) is 0 Å². The Morgan fingerprint density at radius 3 is 2.38 bits per heavy atom. The molecule has 1 heterocycles. The Balaban J connectivity index is 1.66. The number of fused-ring (bicyclic) bond motifs is 1. The summed E-state index contributed by atoms with van der Waals surface area (Å²) in [5, 5.41) is 0.552. The molecular formula is C23H19NO4S. The summed E-state index contributed by atoms with van der Waals surface area (Å²) < 4.78 is 31.3. The third-order valence-corrected chi connectivity index (χ3v) is 6.38. The number of H-pyrrole nitrogens is 1. The van der Waals surface area contributed by atoms with E-state index in [2.05, 4.69) is 4.98 Å². The maximum absolute atomic E-state index is 13.0. The first-order valence-electron chi connectivity index (χ1n) is 9.10. The van der Waals surface area contributed by atoms with Gasteiger partial charge in [-0.15, -0.1) is 0 Å². The van der Waals surface area contributed by atoms with Crippen molar-refractivity contribution in [1.82, 2.24) is 4.98 Å². The van der Waals surface area contributed by atoms with Gasteiger partial charge in [-0.3, -0.25) is 0 Å². The average Bonchev–Trinajstić information content (AvgIpc) is 3.18. The zero-order valence-electron chi connectivity index (χ0n) is 15.8. The number of esters is 1. The van der Waals surface area contributed by atoms with Crippen LogP contribution in [0.1, 0.15) is 21.5 Å². The molecule has 0 aliphatic heterocycles. The van der Waals surface area contributed by atoms with Crippen molar-refractivity contribution in [2.45, 2.75) is 23.5 Å². The number of hydrogen-bond donors (Lipinski definition) is 1. The van der Waals surface area contributed by atoms with Crippen LogP contribution in [0.15, 0.2) is 88.8 Å². The van der Waals surface area contributed by atoms with E-state index in [0.717, 1.165) is 11.1 Å². The van der Waals surface area contributed by atoms with Gasteiger partial charge in [-0.2, -0.15) is 0 Å². The van der Waals surface area contributed by atoms with Crippen molar-refractivity contribution in [2.24, 2.45) is 0 Å². The Labute approximate surface area is 168 Å². The van der Waals surface area contributed by atoms with Gasteiger partial charge in [0.05, 0.1) is 10.5 Å². The molecule has 0 atom stereocenters. The SMILES string of the molecule is Cc1ccc(S(=O)(=O)c2cc3c(C(=O)OCc4ccccc4)cccc3[nH]2)cc1. The van der Waals surface area contributed by atoms with Crippen LogP contribution >= 0.6 is 0 Å². The molecule has 146 valence electrons. The lowest BCUT2D eigenvalue weighted by molar-refractivity contribution is 0.0475. The van der Waals surface area contributed by atoms with Crippen molar-refractivity contribution < 1.29 is 17.9 Å². The molecule has 1 N–H and O–H groups in total. The fourth-order valence-electron chi connectivity index (χ4n) is 3.10. The Morgan fingerprint density at radius 2 is 1.66 bits per heavy atom. The van der Waals surface area contributed by atoms with Crippen molar-refractivity contribution in [3.05, 3.63) is 95.6 Å². The van der Waals surface area contributed by atoms with E-state index in [1.165, 1.54) is 6.07 Å². The van der Waals surface area contributed by atoms with E-state index in [9.17, 15) is 13.2 Å². The van der Waals surface area contributed by atoms with Gasteiger partial charge in [-0.25, -0.2) is 13.2 Å². The average molecular weight is 405 g/mol. The number of hydrogen-bond acceptors (Lipinski definition) is 4. The summed E-state index contributed by atoms with van der Waals surface area (Å²) in [5.41, 5.74) is 2.73. The van der Waals surface area contributed by atoms with Gasteiger partial charge in [0.15, 0.2) is 0 Å². The van der Waals surface area contributed by atoms with Gasteiger partial charge in [-0.1, -0.05) is 54.1 Å². The van der Waals surface area contributed by atoms with E-state index in [1.54, 1.807) is 42.5 Å². The molecule has 0 spiro atoms. The Kier molecular flexibility index (Phi) is 4.94. The molecule has 1 aromatic heterocycles. The standard InChI is InChI=1S/C23H19NO4S/c1-16-10-12-18(13-11-16)29(26,27)22-14-20-19(8-5-9-21(20)24-22)23(25)28-15-17-6-3-2-4-7-17/h2-14,24H,15H2,1H3. The van der Waals surface area contributed by atoms with Crippen LogP contribution in [0.2, 0.25) is 0 Å². The predicted octanol–water partition coefficient (Wildman–Crippen LogP) is 4.67. The Bertz CT molecular complexity index is 1270. The van der Waals surface area contributed by atoms with E-state index in [-0.39, 0.29) is 16.5 Å². The minimum Gasteiger partial charge on any atom is -0.457 e. The Morgan fingerprint density at radius 1 is 0.931 bits per heavy atom. The first kappa shape index (κ1) is 19.0. The number of aromatic nitrogens is 1. The first-order chi connectivity index (χ1) is 13.9. The summed E-state index contributed by atoms with van der Waals surface area (Å²) >= 11 is 0. The third kappa shape index (κ3) is 3.79. The van der Waals surface area contributed by atoms with Crippen LogP contribution in [0.25, 0.3) is 10.9 Å².